The zero-order valence-electron chi connectivity index (χ0n) is 13.7. The Morgan fingerprint density at radius 1 is 0.409 bits per heavy atom. The largest absolute Gasteiger partial charge is 0.268 e. The van der Waals surface area contributed by atoms with E-state index in [1.54, 1.807) is 64.2 Å². The van der Waals surface area contributed by atoms with Crippen molar-refractivity contribution in [2.24, 2.45) is 35.5 Å². The minimum Gasteiger partial charge on any atom is -0.268 e. The maximum absolute atomic E-state index is 3.14. The highest BCUT2D eigenvalue weighted by atomic mass is 15.6. The molecule has 0 aromatic heterocycles. The molecule has 0 N–H and O–H groups in total. The number of hydrogen-bond acceptors (Lipinski definition) is 2. The van der Waals surface area contributed by atoms with Gasteiger partial charge in [0.15, 0.2) is 0 Å². The van der Waals surface area contributed by atoms with Crippen LogP contribution in [0.5, 0.6) is 0 Å². The monoisotopic (exact) mass is 298 g/mol. The molecule has 0 spiro atoms. The summed E-state index contributed by atoms with van der Waals surface area (Å²) in [6.45, 7) is 0. The van der Waals surface area contributed by atoms with Gasteiger partial charge < -0.3 is 0 Å². The molecule has 9 rings (SSSR count). The Kier molecular flexibility index (Phi) is 2.20. The summed E-state index contributed by atoms with van der Waals surface area (Å²) in [5, 5.41) is 0. The van der Waals surface area contributed by atoms with E-state index >= 15 is 0 Å². The SMILES string of the molecule is C1C2C[C@H]3CC(C[C@H]1C3)N1C2N2C3C[C@@H]4CC(C[C@@H](C3)C4)C12. The quantitative estimate of drug-likeness (QED) is 0.673. The van der Waals surface area contributed by atoms with Crippen molar-refractivity contribution in [1.82, 2.24) is 9.80 Å². The van der Waals surface area contributed by atoms with E-state index in [1.807, 2.05) is 0 Å². The van der Waals surface area contributed by atoms with E-state index in [9.17, 15) is 0 Å². The minimum absolute atomic E-state index is 0.897. The van der Waals surface area contributed by atoms with Crippen LogP contribution in [0.3, 0.4) is 0 Å². The zero-order valence-corrected chi connectivity index (χ0v) is 13.7. The highest BCUT2D eigenvalue weighted by Gasteiger charge is 2.64. The molecule has 2 nitrogen and oxygen atoms in total. The van der Waals surface area contributed by atoms with Gasteiger partial charge in [0.1, 0.15) is 0 Å². The summed E-state index contributed by atoms with van der Waals surface area (Å²) in [5.74, 6) is 6.50. The van der Waals surface area contributed by atoms with Crippen LogP contribution >= 0.6 is 0 Å². The van der Waals surface area contributed by atoms with Crippen LogP contribution in [-0.4, -0.2) is 34.2 Å². The fourth-order valence-corrected chi connectivity index (χ4v) is 9.10. The lowest BCUT2D eigenvalue weighted by Crippen LogP contribution is -2.77. The molecule has 120 valence electrons. The van der Waals surface area contributed by atoms with Gasteiger partial charge in [0.05, 0.1) is 12.3 Å². The third-order valence-corrected chi connectivity index (χ3v) is 9.21. The van der Waals surface area contributed by atoms with E-state index in [2.05, 4.69) is 9.80 Å². The van der Waals surface area contributed by atoms with Crippen LogP contribution < -0.4 is 0 Å². The summed E-state index contributed by atoms with van der Waals surface area (Å²) in [7, 11) is 0. The molecule has 0 aromatic rings. The Hall–Kier alpha value is -0.0800. The second-order valence-corrected chi connectivity index (χ2v) is 10.4. The molecule has 9 fully saturated rings. The van der Waals surface area contributed by atoms with Crippen molar-refractivity contribution in [3.05, 3.63) is 0 Å². The van der Waals surface area contributed by atoms with Gasteiger partial charge in [0, 0.05) is 12.1 Å². The van der Waals surface area contributed by atoms with Gasteiger partial charge in [-0.3, -0.25) is 9.80 Å². The lowest BCUT2D eigenvalue weighted by atomic mass is 9.67. The summed E-state index contributed by atoms with van der Waals surface area (Å²) in [4.78, 5) is 6.27. The van der Waals surface area contributed by atoms with Crippen LogP contribution in [0, 0.1) is 35.5 Å². The van der Waals surface area contributed by atoms with Crippen molar-refractivity contribution < 1.29 is 0 Å². The average Bonchev–Trinajstić information content (AvgIpc) is 2.65. The number of hydrogen-bond donors (Lipinski definition) is 0. The Morgan fingerprint density at radius 2 is 0.773 bits per heavy atom. The molecule has 4 aliphatic carbocycles. The second kappa shape index (κ2) is 3.94. The fourth-order valence-electron chi connectivity index (χ4n) is 9.10. The van der Waals surface area contributed by atoms with Gasteiger partial charge >= 0.3 is 0 Å². The van der Waals surface area contributed by atoms with E-state index in [0.717, 1.165) is 59.9 Å². The molecule has 0 radical (unpaired) electrons. The van der Waals surface area contributed by atoms with Crippen LogP contribution in [-0.2, 0) is 0 Å². The highest BCUT2D eigenvalue weighted by molar-refractivity contribution is 5.13. The Bertz CT molecular complexity index is 396. The molecule has 8 bridgehead atoms. The lowest BCUT2D eigenvalue weighted by Gasteiger charge is -2.64. The number of nitrogens with zero attached hydrogens (tertiary/aromatic N) is 2. The molecule has 0 amide bonds. The third kappa shape index (κ3) is 1.38. The highest BCUT2D eigenvalue weighted by Crippen LogP contribution is 2.61. The van der Waals surface area contributed by atoms with Crippen molar-refractivity contribution in [1.29, 1.82) is 0 Å². The van der Waals surface area contributed by atoms with Crippen LogP contribution in [0.2, 0.25) is 0 Å². The topological polar surface area (TPSA) is 6.48 Å². The molecule has 4 saturated carbocycles. The molecule has 5 heterocycles. The van der Waals surface area contributed by atoms with Crippen molar-refractivity contribution in [3.8, 4) is 0 Å². The maximum Gasteiger partial charge on any atom is 0.0683 e. The summed E-state index contributed by atoms with van der Waals surface area (Å²) >= 11 is 0. The molecule has 4 atom stereocenters. The van der Waals surface area contributed by atoms with Crippen LogP contribution in [0.4, 0.5) is 0 Å². The van der Waals surface area contributed by atoms with Gasteiger partial charge in [-0.05, 0) is 99.7 Å². The number of rotatable bonds is 0. The molecular formula is C20H30N2. The van der Waals surface area contributed by atoms with Crippen molar-refractivity contribution in [2.45, 2.75) is 88.6 Å². The minimum atomic E-state index is 0.897. The Balaban J connectivity index is 1.33. The van der Waals surface area contributed by atoms with E-state index in [0.29, 0.717) is 0 Å². The molecule has 22 heavy (non-hydrogen) atoms. The van der Waals surface area contributed by atoms with E-state index in [1.165, 1.54) is 0 Å². The van der Waals surface area contributed by atoms with Crippen molar-refractivity contribution >= 4 is 0 Å². The van der Waals surface area contributed by atoms with Gasteiger partial charge in [0.25, 0.3) is 0 Å². The molecule has 5 aliphatic heterocycles. The standard InChI is InChI=1S/C20H30N2/c1-11-3-15-4-12(1)8-17(7-11)21-19(15)22-18-9-13-2-14(10-18)6-16(5-13)20(21)22/h11-20H,1-10H2/t11-,12-,13-,14-,15?,16?,17?,18?,19?,20?/m0/s1. The van der Waals surface area contributed by atoms with Crippen molar-refractivity contribution in [3.63, 3.8) is 0 Å². The first kappa shape index (κ1) is 12.3. The second-order valence-electron chi connectivity index (χ2n) is 10.4. The lowest BCUT2D eigenvalue weighted by molar-refractivity contribution is -0.236. The smallest absolute Gasteiger partial charge is 0.0683 e. The van der Waals surface area contributed by atoms with Crippen LogP contribution in [0.15, 0.2) is 0 Å². The van der Waals surface area contributed by atoms with Gasteiger partial charge in [0.2, 0.25) is 0 Å². The first-order valence-electron chi connectivity index (χ1n) is 10.4. The first-order valence-corrected chi connectivity index (χ1v) is 10.4. The van der Waals surface area contributed by atoms with Crippen molar-refractivity contribution in [2.75, 3.05) is 0 Å². The first-order chi connectivity index (χ1) is 10.8. The summed E-state index contributed by atoms with van der Waals surface area (Å²) in [6, 6.07) is 1.97. The molecule has 0 unspecified atom stereocenters. The predicted octanol–water partition coefficient (Wildman–Crippen LogP) is 3.67. The third-order valence-electron chi connectivity index (χ3n) is 9.21. The average molecular weight is 298 g/mol. The fraction of sp³-hybridized carbons (Fsp3) is 1.00. The van der Waals surface area contributed by atoms with E-state index in [4.69, 9.17) is 0 Å². The maximum atomic E-state index is 3.14. The zero-order chi connectivity index (χ0) is 14.0. The van der Waals surface area contributed by atoms with E-state index in [-0.39, 0.29) is 0 Å². The molecule has 2 heteroatoms. The Labute approximate surface area is 134 Å². The van der Waals surface area contributed by atoms with Gasteiger partial charge in [-0.1, -0.05) is 0 Å². The van der Waals surface area contributed by atoms with Gasteiger partial charge in [-0.2, -0.15) is 0 Å². The van der Waals surface area contributed by atoms with Crippen LogP contribution in [0.1, 0.15) is 64.2 Å². The normalized spacial score (nSPS) is 64.9. The van der Waals surface area contributed by atoms with Gasteiger partial charge in [-0.15, -0.1) is 0 Å². The summed E-state index contributed by atoms with van der Waals surface area (Å²) in [5.41, 5.74) is 0. The molecule has 9 aliphatic rings. The Morgan fingerprint density at radius 3 is 1.14 bits per heavy atom. The molecule has 5 saturated heterocycles. The summed E-state index contributed by atoms with van der Waals surface area (Å²) in [6.07, 6.45) is 17.6. The predicted molar refractivity (Wildman–Crippen MR) is 85.9 cm³/mol. The molecular weight excluding hydrogens is 268 g/mol. The van der Waals surface area contributed by atoms with Crippen LogP contribution in [0.25, 0.3) is 0 Å². The molecule has 0 aromatic carbocycles. The van der Waals surface area contributed by atoms with E-state index < -0.39 is 0 Å². The summed E-state index contributed by atoms with van der Waals surface area (Å²) < 4.78 is 0. The van der Waals surface area contributed by atoms with Gasteiger partial charge in [-0.25, -0.2) is 0 Å².